The summed E-state index contributed by atoms with van der Waals surface area (Å²) in [5, 5.41) is 3.52. The second-order valence-electron chi connectivity index (χ2n) is 4.54. The number of fused-ring (bicyclic) bond motifs is 1. The lowest BCUT2D eigenvalue weighted by Gasteiger charge is -2.23. The molecule has 1 aromatic heterocycles. The zero-order valence-electron chi connectivity index (χ0n) is 9.05. The molecule has 0 aliphatic carbocycles. The molecule has 1 atom stereocenters. The lowest BCUT2D eigenvalue weighted by molar-refractivity contribution is 0.354. The van der Waals surface area contributed by atoms with E-state index in [1.165, 1.54) is 24.2 Å². The van der Waals surface area contributed by atoms with Gasteiger partial charge in [0.25, 0.3) is 0 Å². The maximum atomic E-state index is 5.54. The monoisotopic (exact) mass is 193 g/mol. The molecular weight excluding hydrogens is 174 g/mol. The topological polar surface area (TPSA) is 25.2 Å². The third-order valence-electron chi connectivity index (χ3n) is 2.91. The molecular formula is C12H19NO. The first-order chi connectivity index (χ1) is 6.77. The van der Waals surface area contributed by atoms with Gasteiger partial charge in [0.15, 0.2) is 0 Å². The number of furan rings is 1. The van der Waals surface area contributed by atoms with Crippen molar-refractivity contribution < 1.29 is 4.42 Å². The highest BCUT2D eigenvalue weighted by Gasteiger charge is 2.22. The van der Waals surface area contributed by atoms with Gasteiger partial charge in [-0.05, 0) is 43.4 Å². The average Bonchev–Trinajstić information content (AvgIpc) is 2.62. The van der Waals surface area contributed by atoms with E-state index in [-0.39, 0.29) is 0 Å². The third kappa shape index (κ3) is 2.01. The molecule has 1 aliphatic heterocycles. The lowest BCUT2D eigenvalue weighted by Crippen LogP contribution is -2.29. The minimum atomic E-state index is 0.455. The molecule has 0 aromatic carbocycles. The van der Waals surface area contributed by atoms with Crippen LogP contribution < -0.4 is 5.32 Å². The minimum absolute atomic E-state index is 0.455. The molecule has 1 aromatic rings. The van der Waals surface area contributed by atoms with E-state index < -0.39 is 0 Å². The second-order valence-corrected chi connectivity index (χ2v) is 4.54. The van der Waals surface area contributed by atoms with Crippen molar-refractivity contribution in [2.75, 3.05) is 6.54 Å². The van der Waals surface area contributed by atoms with Crippen LogP contribution in [0.1, 0.15) is 44.1 Å². The first kappa shape index (κ1) is 9.78. The number of hydrogen-bond acceptors (Lipinski definition) is 2. The summed E-state index contributed by atoms with van der Waals surface area (Å²) in [5.41, 5.74) is 1.40. The summed E-state index contributed by atoms with van der Waals surface area (Å²) >= 11 is 0. The van der Waals surface area contributed by atoms with Crippen LogP contribution in [0.3, 0.4) is 0 Å². The van der Waals surface area contributed by atoms with E-state index in [4.69, 9.17) is 4.42 Å². The summed E-state index contributed by atoms with van der Waals surface area (Å²) in [5.74, 6) is 1.95. The van der Waals surface area contributed by atoms with Gasteiger partial charge in [-0.2, -0.15) is 0 Å². The quantitative estimate of drug-likeness (QED) is 0.798. The van der Waals surface area contributed by atoms with Gasteiger partial charge in [-0.1, -0.05) is 13.8 Å². The smallest absolute Gasteiger partial charge is 0.123 e. The summed E-state index contributed by atoms with van der Waals surface area (Å²) in [4.78, 5) is 0. The van der Waals surface area contributed by atoms with Crippen molar-refractivity contribution >= 4 is 0 Å². The van der Waals surface area contributed by atoms with Gasteiger partial charge in [0.1, 0.15) is 5.76 Å². The van der Waals surface area contributed by atoms with Gasteiger partial charge in [-0.3, -0.25) is 0 Å². The normalized spacial score (nSPS) is 21.2. The molecule has 2 heterocycles. The summed E-state index contributed by atoms with van der Waals surface area (Å²) in [6.07, 6.45) is 5.39. The van der Waals surface area contributed by atoms with Crippen molar-refractivity contribution in [3.63, 3.8) is 0 Å². The van der Waals surface area contributed by atoms with Gasteiger partial charge >= 0.3 is 0 Å². The molecule has 1 unspecified atom stereocenters. The zero-order valence-corrected chi connectivity index (χ0v) is 9.05. The Hall–Kier alpha value is -0.760. The Morgan fingerprint density at radius 3 is 3.21 bits per heavy atom. The Morgan fingerprint density at radius 1 is 1.57 bits per heavy atom. The molecule has 78 valence electrons. The molecule has 0 radical (unpaired) electrons. The predicted molar refractivity (Wildman–Crippen MR) is 57.2 cm³/mol. The molecule has 2 heteroatoms. The largest absolute Gasteiger partial charge is 0.467 e. The van der Waals surface area contributed by atoms with Crippen LogP contribution in [0.15, 0.2) is 16.7 Å². The Balaban J connectivity index is 2.01. The van der Waals surface area contributed by atoms with Gasteiger partial charge in [0, 0.05) is 0 Å². The van der Waals surface area contributed by atoms with E-state index >= 15 is 0 Å². The predicted octanol–water partition coefficient (Wildman–Crippen LogP) is 2.90. The SMILES string of the molecule is CC(C)CCC1NCCc2ccoc21. The van der Waals surface area contributed by atoms with Gasteiger partial charge < -0.3 is 9.73 Å². The van der Waals surface area contributed by atoms with E-state index in [9.17, 15) is 0 Å². The number of nitrogens with one attached hydrogen (secondary N) is 1. The summed E-state index contributed by atoms with van der Waals surface area (Å²) in [7, 11) is 0. The van der Waals surface area contributed by atoms with Crippen molar-refractivity contribution in [1.82, 2.24) is 5.32 Å². The van der Waals surface area contributed by atoms with Gasteiger partial charge in [0.05, 0.1) is 12.3 Å². The van der Waals surface area contributed by atoms with E-state index in [1.807, 2.05) is 6.26 Å². The average molecular weight is 193 g/mol. The first-order valence-corrected chi connectivity index (χ1v) is 5.57. The lowest BCUT2D eigenvalue weighted by atomic mass is 9.96. The van der Waals surface area contributed by atoms with Crippen LogP contribution in [-0.2, 0) is 6.42 Å². The van der Waals surface area contributed by atoms with Crippen LogP contribution >= 0.6 is 0 Å². The highest BCUT2D eigenvalue weighted by molar-refractivity contribution is 5.23. The van der Waals surface area contributed by atoms with E-state index in [0.29, 0.717) is 6.04 Å². The molecule has 1 N–H and O–H groups in total. The second kappa shape index (κ2) is 4.18. The maximum Gasteiger partial charge on any atom is 0.123 e. The Kier molecular flexibility index (Phi) is 2.92. The van der Waals surface area contributed by atoms with E-state index in [0.717, 1.165) is 18.9 Å². The fourth-order valence-electron chi connectivity index (χ4n) is 2.07. The van der Waals surface area contributed by atoms with Gasteiger partial charge in [0.2, 0.25) is 0 Å². The van der Waals surface area contributed by atoms with Crippen molar-refractivity contribution in [1.29, 1.82) is 0 Å². The molecule has 0 amide bonds. The molecule has 2 rings (SSSR count). The van der Waals surface area contributed by atoms with Gasteiger partial charge in [-0.15, -0.1) is 0 Å². The van der Waals surface area contributed by atoms with Crippen molar-refractivity contribution in [3.05, 3.63) is 23.7 Å². The Labute approximate surface area is 85.7 Å². The molecule has 0 spiro atoms. The zero-order chi connectivity index (χ0) is 9.97. The highest BCUT2D eigenvalue weighted by Crippen LogP contribution is 2.28. The molecule has 0 fully saturated rings. The Morgan fingerprint density at radius 2 is 2.43 bits per heavy atom. The molecule has 0 saturated heterocycles. The Bertz CT molecular complexity index is 290. The van der Waals surface area contributed by atoms with Crippen LogP contribution in [0.5, 0.6) is 0 Å². The van der Waals surface area contributed by atoms with Gasteiger partial charge in [-0.25, -0.2) is 0 Å². The van der Waals surface area contributed by atoms with Crippen LogP contribution in [0.2, 0.25) is 0 Å². The van der Waals surface area contributed by atoms with Crippen LogP contribution in [0.25, 0.3) is 0 Å². The number of hydrogen-bond donors (Lipinski definition) is 1. The molecule has 0 bridgehead atoms. The maximum absolute atomic E-state index is 5.54. The third-order valence-corrected chi connectivity index (χ3v) is 2.91. The fourth-order valence-corrected chi connectivity index (χ4v) is 2.07. The summed E-state index contributed by atoms with van der Waals surface area (Å²) in [6.45, 7) is 5.63. The number of rotatable bonds is 3. The first-order valence-electron chi connectivity index (χ1n) is 5.57. The molecule has 1 aliphatic rings. The van der Waals surface area contributed by atoms with E-state index in [1.54, 1.807) is 0 Å². The minimum Gasteiger partial charge on any atom is -0.467 e. The van der Waals surface area contributed by atoms with E-state index in [2.05, 4.69) is 25.2 Å². The molecule has 2 nitrogen and oxygen atoms in total. The van der Waals surface area contributed by atoms with Crippen molar-refractivity contribution in [2.24, 2.45) is 5.92 Å². The summed E-state index contributed by atoms with van der Waals surface area (Å²) < 4.78 is 5.54. The molecule has 0 saturated carbocycles. The van der Waals surface area contributed by atoms with Crippen LogP contribution in [-0.4, -0.2) is 6.54 Å². The summed E-state index contributed by atoms with van der Waals surface area (Å²) in [6, 6.07) is 2.56. The standard InChI is InChI=1S/C12H19NO/c1-9(2)3-4-11-12-10(5-7-13-11)6-8-14-12/h6,8-9,11,13H,3-5,7H2,1-2H3. The van der Waals surface area contributed by atoms with Crippen LogP contribution in [0, 0.1) is 5.92 Å². The van der Waals surface area contributed by atoms with Crippen molar-refractivity contribution in [3.8, 4) is 0 Å². The fraction of sp³-hybridized carbons (Fsp3) is 0.667. The molecule has 14 heavy (non-hydrogen) atoms. The van der Waals surface area contributed by atoms with Crippen molar-refractivity contribution in [2.45, 2.75) is 39.2 Å². The van der Waals surface area contributed by atoms with Crippen LogP contribution in [0.4, 0.5) is 0 Å². The highest BCUT2D eigenvalue weighted by atomic mass is 16.3.